The van der Waals surface area contributed by atoms with Crippen LogP contribution in [0.4, 0.5) is 0 Å². The maximum atomic E-state index is 5.55. The molecule has 2 unspecified atom stereocenters. The molecule has 0 radical (unpaired) electrons. The van der Waals surface area contributed by atoms with Crippen LogP contribution in [0.2, 0.25) is 0 Å². The van der Waals surface area contributed by atoms with Gasteiger partial charge in [-0.25, -0.2) is 0 Å². The summed E-state index contributed by atoms with van der Waals surface area (Å²) in [6, 6.07) is 0.477. The van der Waals surface area contributed by atoms with Crippen molar-refractivity contribution in [3.63, 3.8) is 0 Å². The first-order valence-corrected chi connectivity index (χ1v) is 8.52. The van der Waals surface area contributed by atoms with Crippen molar-refractivity contribution >= 4 is 11.8 Å². The van der Waals surface area contributed by atoms with Crippen LogP contribution in [0.1, 0.15) is 56.2 Å². The van der Waals surface area contributed by atoms with Crippen molar-refractivity contribution in [1.29, 1.82) is 0 Å². The summed E-state index contributed by atoms with van der Waals surface area (Å²) in [5, 5.41) is 7.61. The third-order valence-corrected chi connectivity index (χ3v) is 5.80. The summed E-state index contributed by atoms with van der Waals surface area (Å²) >= 11 is 1.96. The van der Waals surface area contributed by atoms with Crippen LogP contribution in [0.15, 0.2) is 4.52 Å². The van der Waals surface area contributed by atoms with E-state index in [-0.39, 0.29) is 0 Å². The van der Waals surface area contributed by atoms with Crippen molar-refractivity contribution in [2.24, 2.45) is 5.92 Å². The molecule has 0 bridgehead atoms. The average Bonchev–Trinajstić information content (AvgIpc) is 3.07. The fourth-order valence-electron chi connectivity index (χ4n) is 3.16. The summed E-state index contributed by atoms with van der Waals surface area (Å²) in [5.74, 6) is 5.80. The number of thioether (sulfide) groups is 1. The van der Waals surface area contributed by atoms with Crippen LogP contribution in [-0.4, -0.2) is 34.7 Å². The number of nitrogens with zero attached hydrogens (tertiary/aromatic N) is 2. The fourth-order valence-corrected chi connectivity index (χ4v) is 4.58. The van der Waals surface area contributed by atoms with Crippen LogP contribution in [-0.2, 0) is 0 Å². The molecule has 1 aliphatic carbocycles. The Hall–Kier alpha value is -0.550. The van der Waals surface area contributed by atoms with Gasteiger partial charge in [0.25, 0.3) is 0 Å². The molecular weight excluding hydrogens is 258 g/mol. The van der Waals surface area contributed by atoms with E-state index < -0.39 is 0 Å². The summed E-state index contributed by atoms with van der Waals surface area (Å²) in [5.41, 5.74) is 0. The average molecular weight is 281 g/mol. The number of nitrogens with one attached hydrogen (secondary N) is 1. The molecule has 2 aliphatic rings. The Morgan fingerprint density at radius 1 is 1.21 bits per heavy atom. The van der Waals surface area contributed by atoms with Gasteiger partial charge in [-0.2, -0.15) is 16.7 Å². The molecule has 1 saturated carbocycles. The molecule has 0 amide bonds. The van der Waals surface area contributed by atoms with Crippen LogP contribution in [0.25, 0.3) is 0 Å². The highest BCUT2D eigenvalue weighted by Gasteiger charge is 2.33. The maximum absolute atomic E-state index is 5.55. The number of hydrogen-bond donors (Lipinski definition) is 1. The smallest absolute Gasteiger partial charge is 0.232 e. The van der Waals surface area contributed by atoms with Gasteiger partial charge in [0.2, 0.25) is 5.89 Å². The molecular formula is C14H23N3OS. The van der Waals surface area contributed by atoms with E-state index in [0.717, 1.165) is 29.1 Å². The van der Waals surface area contributed by atoms with Crippen molar-refractivity contribution in [2.45, 2.75) is 50.5 Å². The van der Waals surface area contributed by atoms with Gasteiger partial charge in [0.05, 0.1) is 5.92 Å². The number of likely N-dealkylation sites (N-methyl/N-ethyl adjacent to an activating group) is 1. The lowest BCUT2D eigenvalue weighted by atomic mass is 9.83. The van der Waals surface area contributed by atoms with E-state index in [1.807, 2.05) is 18.8 Å². The number of aromatic nitrogens is 2. The zero-order valence-corrected chi connectivity index (χ0v) is 12.6. The van der Waals surface area contributed by atoms with Crippen LogP contribution in [0.5, 0.6) is 0 Å². The van der Waals surface area contributed by atoms with Gasteiger partial charge in [0.1, 0.15) is 0 Å². The molecule has 0 spiro atoms. The second-order valence-electron chi connectivity index (χ2n) is 5.99. The molecule has 2 atom stereocenters. The molecule has 0 aromatic carbocycles. The van der Waals surface area contributed by atoms with Crippen molar-refractivity contribution in [2.75, 3.05) is 18.6 Å². The second-order valence-corrected chi connectivity index (χ2v) is 7.06. The first-order chi connectivity index (χ1) is 9.28. The van der Waals surface area contributed by atoms with Crippen LogP contribution < -0.4 is 5.32 Å². The fraction of sp³-hybridized carbons (Fsp3) is 0.857. The minimum Gasteiger partial charge on any atom is -0.339 e. The number of hydrogen-bond acceptors (Lipinski definition) is 5. The third-order valence-electron chi connectivity index (χ3n) is 4.61. The highest BCUT2D eigenvalue weighted by Crippen LogP contribution is 2.36. The SMILES string of the molecule is CNC1CSCC1c1nc(C2CCC(C)CC2)no1. The largest absolute Gasteiger partial charge is 0.339 e. The standard InChI is InChI=1S/C14H23N3OS/c1-9-3-5-10(6-4-9)13-16-14(18-17-13)11-7-19-8-12(11)15-2/h9-12,15H,3-8H2,1-2H3. The van der Waals surface area contributed by atoms with Gasteiger partial charge in [-0.1, -0.05) is 24.9 Å². The topological polar surface area (TPSA) is 51.0 Å². The minimum absolute atomic E-state index is 0.388. The Labute approximate surface area is 119 Å². The van der Waals surface area contributed by atoms with Crippen LogP contribution in [0, 0.1) is 5.92 Å². The molecule has 1 saturated heterocycles. The van der Waals surface area contributed by atoms with Gasteiger partial charge in [0.15, 0.2) is 5.82 Å². The normalized spacial score (nSPS) is 35.7. The third kappa shape index (κ3) is 2.82. The highest BCUT2D eigenvalue weighted by molar-refractivity contribution is 7.99. The van der Waals surface area contributed by atoms with Gasteiger partial charge in [-0.05, 0) is 25.8 Å². The molecule has 106 valence electrons. The van der Waals surface area contributed by atoms with Gasteiger partial charge in [-0.3, -0.25) is 0 Å². The molecule has 2 heterocycles. The van der Waals surface area contributed by atoms with Crippen molar-refractivity contribution < 1.29 is 4.52 Å². The highest BCUT2D eigenvalue weighted by atomic mass is 32.2. The predicted octanol–water partition coefficient (Wildman–Crippen LogP) is 2.78. The first-order valence-electron chi connectivity index (χ1n) is 7.36. The Kier molecular flexibility index (Phi) is 4.12. The summed E-state index contributed by atoms with van der Waals surface area (Å²) < 4.78 is 5.55. The molecule has 5 heteroatoms. The predicted molar refractivity (Wildman–Crippen MR) is 77.6 cm³/mol. The zero-order chi connectivity index (χ0) is 13.2. The van der Waals surface area contributed by atoms with Gasteiger partial charge in [0, 0.05) is 23.5 Å². The maximum Gasteiger partial charge on any atom is 0.232 e. The van der Waals surface area contributed by atoms with Gasteiger partial charge >= 0.3 is 0 Å². The molecule has 3 rings (SSSR count). The van der Waals surface area contributed by atoms with Gasteiger partial charge in [-0.15, -0.1) is 0 Å². The lowest BCUT2D eigenvalue weighted by Gasteiger charge is -2.23. The Morgan fingerprint density at radius 2 is 2.00 bits per heavy atom. The Morgan fingerprint density at radius 3 is 2.74 bits per heavy atom. The molecule has 4 nitrogen and oxygen atoms in total. The molecule has 1 N–H and O–H groups in total. The van der Waals surface area contributed by atoms with E-state index in [9.17, 15) is 0 Å². The van der Waals surface area contributed by atoms with E-state index in [2.05, 4.69) is 17.4 Å². The lowest BCUT2D eigenvalue weighted by Crippen LogP contribution is -2.31. The van der Waals surface area contributed by atoms with Crippen molar-refractivity contribution in [1.82, 2.24) is 15.5 Å². The second kappa shape index (κ2) is 5.83. The van der Waals surface area contributed by atoms with Crippen molar-refractivity contribution in [3.8, 4) is 0 Å². The summed E-state index contributed by atoms with van der Waals surface area (Å²) in [6.45, 7) is 2.34. The summed E-state index contributed by atoms with van der Waals surface area (Å²) in [4.78, 5) is 4.71. The summed E-state index contributed by atoms with van der Waals surface area (Å²) in [6.07, 6.45) is 5.03. The van der Waals surface area contributed by atoms with E-state index in [0.29, 0.717) is 17.9 Å². The lowest BCUT2D eigenvalue weighted by molar-refractivity contribution is 0.316. The van der Waals surface area contributed by atoms with E-state index in [1.165, 1.54) is 25.7 Å². The Bertz CT molecular complexity index is 415. The molecule has 2 fully saturated rings. The molecule has 19 heavy (non-hydrogen) atoms. The van der Waals surface area contributed by atoms with Crippen LogP contribution in [0.3, 0.4) is 0 Å². The first kappa shape index (κ1) is 13.4. The molecule has 1 aromatic rings. The van der Waals surface area contributed by atoms with Gasteiger partial charge < -0.3 is 9.84 Å². The molecule has 1 aromatic heterocycles. The van der Waals surface area contributed by atoms with E-state index in [4.69, 9.17) is 9.51 Å². The summed E-state index contributed by atoms with van der Waals surface area (Å²) in [7, 11) is 2.02. The van der Waals surface area contributed by atoms with Crippen molar-refractivity contribution in [3.05, 3.63) is 11.7 Å². The molecule has 1 aliphatic heterocycles. The quantitative estimate of drug-likeness (QED) is 0.923. The zero-order valence-electron chi connectivity index (χ0n) is 11.8. The monoisotopic (exact) mass is 281 g/mol. The Balaban J connectivity index is 1.69. The van der Waals surface area contributed by atoms with E-state index in [1.54, 1.807) is 0 Å². The number of rotatable bonds is 3. The minimum atomic E-state index is 0.388. The van der Waals surface area contributed by atoms with Crippen LogP contribution >= 0.6 is 11.8 Å². The van der Waals surface area contributed by atoms with E-state index >= 15 is 0 Å².